The monoisotopic (exact) mass is 342 g/mol. The van der Waals surface area contributed by atoms with Crippen LogP contribution in [0.2, 0.25) is 0 Å². The number of ether oxygens (including phenoxy) is 1. The van der Waals surface area contributed by atoms with Crippen LogP contribution in [0.4, 0.5) is 0 Å². The van der Waals surface area contributed by atoms with Gasteiger partial charge in [0.05, 0.1) is 18.3 Å². The molecule has 0 aliphatic carbocycles. The van der Waals surface area contributed by atoms with Crippen molar-refractivity contribution in [3.05, 3.63) is 54.1 Å². The Bertz CT molecular complexity index is 730. The first kappa shape index (κ1) is 15.7. The summed E-state index contributed by atoms with van der Waals surface area (Å²) >= 11 is 1.87. The standard InChI is InChI=1S/C18H22N4OS/c1-13-12-22-17(15-7-5-9-21(15)10-11-23-2)16(20-18(22)24-13)14-6-3-4-8-19-14/h3-9,13,16-17H,10-12H2,1-2H3/t13-,16-,17-/m1/s1. The summed E-state index contributed by atoms with van der Waals surface area (Å²) in [4.78, 5) is 12.1. The van der Waals surface area contributed by atoms with Gasteiger partial charge in [-0.25, -0.2) is 0 Å². The Hall–Kier alpha value is -1.79. The van der Waals surface area contributed by atoms with Gasteiger partial charge < -0.3 is 14.2 Å². The van der Waals surface area contributed by atoms with Crippen LogP contribution < -0.4 is 0 Å². The number of pyridine rings is 1. The zero-order chi connectivity index (χ0) is 16.5. The van der Waals surface area contributed by atoms with Crippen molar-refractivity contribution in [3.8, 4) is 0 Å². The highest BCUT2D eigenvalue weighted by Gasteiger charge is 2.44. The van der Waals surface area contributed by atoms with E-state index >= 15 is 0 Å². The SMILES string of the molecule is COCCn1cccc1[C@@H]1[C@@H](c2ccccn2)N=C2S[C@H](C)CN21. The van der Waals surface area contributed by atoms with Crippen molar-refractivity contribution < 1.29 is 4.74 Å². The second-order valence-electron chi connectivity index (χ2n) is 6.26. The molecule has 3 atom stereocenters. The fourth-order valence-electron chi connectivity index (χ4n) is 3.53. The van der Waals surface area contributed by atoms with Crippen molar-refractivity contribution >= 4 is 16.9 Å². The van der Waals surface area contributed by atoms with Crippen LogP contribution in [-0.2, 0) is 11.3 Å². The van der Waals surface area contributed by atoms with Crippen LogP contribution >= 0.6 is 11.8 Å². The van der Waals surface area contributed by atoms with Crippen LogP contribution in [0.1, 0.15) is 30.4 Å². The molecule has 1 saturated heterocycles. The van der Waals surface area contributed by atoms with Crippen LogP contribution in [-0.4, -0.2) is 45.1 Å². The van der Waals surface area contributed by atoms with E-state index < -0.39 is 0 Å². The average Bonchev–Trinajstić information content (AvgIpc) is 3.27. The van der Waals surface area contributed by atoms with Crippen molar-refractivity contribution in [3.63, 3.8) is 0 Å². The molecule has 0 amide bonds. The number of hydrogen-bond acceptors (Lipinski definition) is 5. The molecule has 2 aliphatic rings. The number of nitrogens with zero attached hydrogens (tertiary/aromatic N) is 4. The number of thioether (sulfide) groups is 1. The van der Waals surface area contributed by atoms with Crippen molar-refractivity contribution in [1.82, 2.24) is 14.5 Å². The lowest BCUT2D eigenvalue weighted by Gasteiger charge is -2.28. The van der Waals surface area contributed by atoms with Gasteiger partial charge in [-0.1, -0.05) is 24.8 Å². The lowest BCUT2D eigenvalue weighted by atomic mass is 10.0. The van der Waals surface area contributed by atoms with E-state index in [4.69, 9.17) is 9.73 Å². The largest absolute Gasteiger partial charge is 0.383 e. The first-order chi connectivity index (χ1) is 11.8. The molecular weight excluding hydrogens is 320 g/mol. The van der Waals surface area contributed by atoms with Gasteiger partial charge in [-0.15, -0.1) is 0 Å². The Kier molecular flexibility index (Phi) is 4.33. The molecule has 126 valence electrons. The number of rotatable bonds is 5. The highest BCUT2D eigenvalue weighted by Crippen LogP contribution is 2.47. The molecule has 1 fully saturated rings. The summed E-state index contributed by atoms with van der Waals surface area (Å²) in [6.07, 6.45) is 3.99. The number of amidine groups is 1. The Morgan fingerprint density at radius 3 is 3.00 bits per heavy atom. The molecule has 0 saturated carbocycles. The highest BCUT2D eigenvalue weighted by molar-refractivity contribution is 8.14. The molecule has 24 heavy (non-hydrogen) atoms. The minimum absolute atomic E-state index is 0.0531. The van der Waals surface area contributed by atoms with Gasteiger partial charge >= 0.3 is 0 Å². The molecule has 0 bridgehead atoms. The summed E-state index contributed by atoms with van der Waals surface area (Å²) in [6.45, 7) is 4.87. The Balaban J connectivity index is 1.72. The van der Waals surface area contributed by atoms with Crippen molar-refractivity contribution in [2.24, 2.45) is 4.99 Å². The quantitative estimate of drug-likeness (QED) is 0.837. The maximum atomic E-state index is 5.27. The summed E-state index contributed by atoms with van der Waals surface area (Å²) < 4.78 is 7.56. The second-order valence-corrected chi connectivity index (χ2v) is 7.66. The summed E-state index contributed by atoms with van der Waals surface area (Å²) in [5.41, 5.74) is 2.33. The summed E-state index contributed by atoms with van der Waals surface area (Å²) in [6, 6.07) is 10.7. The molecule has 5 nitrogen and oxygen atoms in total. The zero-order valence-corrected chi connectivity index (χ0v) is 14.8. The van der Waals surface area contributed by atoms with Crippen LogP contribution in [0, 0.1) is 0 Å². The molecule has 0 aromatic carbocycles. The number of hydrogen-bond donors (Lipinski definition) is 0. The van der Waals surface area contributed by atoms with Crippen molar-refractivity contribution in [2.45, 2.75) is 30.8 Å². The molecule has 2 aromatic heterocycles. The van der Waals surface area contributed by atoms with E-state index in [0.29, 0.717) is 11.9 Å². The molecule has 4 rings (SSSR count). The number of methoxy groups -OCH3 is 1. The molecule has 0 radical (unpaired) electrons. The Morgan fingerprint density at radius 1 is 1.29 bits per heavy atom. The Morgan fingerprint density at radius 2 is 2.21 bits per heavy atom. The highest BCUT2D eigenvalue weighted by atomic mass is 32.2. The van der Waals surface area contributed by atoms with Crippen molar-refractivity contribution in [1.29, 1.82) is 0 Å². The normalized spacial score (nSPS) is 25.8. The predicted molar refractivity (Wildman–Crippen MR) is 97.2 cm³/mol. The molecule has 4 heterocycles. The first-order valence-electron chi connectivity index (χ1n) is 8.34. The van der Waals surface area contributed by atoms with E-state index in [1.807, 2.05) is 30.1 Å². The van der Waals surface area contributed by atoms with Crippen LogP contribution in [0.3, 0.4) is 0 Å². The predicted octanol–water partition coefficient (Wildman–Crippen LogP) is 3.12. The number of fused-ring (bicyclic) bond motifs is 1. The van der Waals surface area contributed by atoms with Gasteiger partial charge in [0, 0.05) is 43.5 Å². The molecule has 0 N–H and O–H groups in total. The molecule has 0 spiro atoms. The van der Waals surface area contributed by atoms with Gasteiger partial charge in [-0.2, -0.15) is 0 Å². The first-order valence-corrected chi connectivity index (χ1v) is 9.22. The fourth-order valence-corrected chi connectivity index (χ4v) is 4.62. The molecule has 0 unspecified atom stereocenters. The van der Waals surface area contributed by atoms with Gasteiger partial charge in [0.2, 0.25) is 0 Å². The third kappa shape index (κ3) is 2.74. The van der Waals surface area contributed by atoms with Crippen LogP contribution in [0.15, 0.2) is 47.7 Å². The van der Waals surface area contributed by atoms with Gasteiger partial charge in [0.1, 0.15) is 6.04 Å². The van der Waals surface area contributed by atoms with E-state index in [2.05, 4.69) is 45.8 Å². The third-order valence-electron chi connectivity index (χ3n) is 4.59. The number of aliphatic imine (C=N–C) groups is 1. The van der Waals surface area contributed by atoms with E-state index in [-0.39, 0.29) is 12.1 Å². The lowest BCUT2D eigenvalue weighted by Crippen LogP contribution is -2.30. The topological polar surface area (TPSA) is 42.6 Å². The minimum Gasteiger partial charge on any atom is -0.383 e. The Labute approximate surface area is 146 Å². The number of aromatic nitrogens is 2. The lowest BCUT2D eigenvalue weighted by molar-refractivity contribution is 0.184. The van der Waals surface area contributed by atoms with Gasteiger partial charge in [-0.3, -0.25) is 9.98 Å². The van der Waals surface area contributed by atoms with E-state index in [9.17, 15) is 0 Å². The van der Waals surface area contributed by atoms with E-state index in [0.717, 1.165) is 24.0 Å². The van der Waals surface area contributed by atoms with Gasteiger partial charge in [-0.05, 0) is 24.3 Å². The molecule has 2 aliphatic heterocycles. The molecule has 2 aromatic rings. The van der Waals surface area contributed by atoms with Gasteiger partial charge in [0.25, 0.3) is 0 Å². The fraction of sp³-hybridized carbons (Fsp3) is 0.444. The molecule has 6 heteroatoms. The van der Waals surface area contributed by atoms with Crippen LogP contribution in [0.5, 0.6) is 0 Å². The maximum Gasteiger partial charge on any atom is 0.160 e. The summed E-state index contributed by atoms with van der Waals surface area (Å²) in [5.74, 6) is 0. The maximum absolute atomic E-state index is 5.27. The van der Waals surface area contributed by atoms with Gasteiger partial charge in [0.15, 0.2) is 5.17 Å². The smallest absolute Gasteiger partial charge is 0.160 e. The average molecular weight is 342 g/mol. The zero-order valence-electron chi connectivity index (χ0n) is 14.0. The summed E-state index contributed by atoms with van der Waals surface area (Å²) in [5, 5.41) is 1.74. The van der Waals surface area contributed by atoms with Crippen molar-refractivity contribution in [2.75, 3.05) is 20.3 Å². The minimum atomic E-state index is 0.0531. The van der Waals surface area contributed by atoms with E-state index in [1.54, 1.807) is 7.11 Å². The summed E-state index contributed by atoms with van der Waals surface area (Å²) in [7, 11) is 1.75. The van der Waals surface area contributed by atoms with Crippen LogP contribution in [0.25, 0.3) is 0 Å². The molecular formula is C18H22N4OS. The van der Waals surface area contributed by atoms with E-state index in [1.165, 1.54) is 5.69 Å². The second kappa shape index (κ2) is 6.61. The third-order valence-corrected chi connectivity index (χ3v) is 5.69.